The lowest BCUT2D eigenvalue weighted by atomic mass is 10.2. The van der Waals surface area contributed by atoms with E-state index in [-0.39, 0.29) is 0 Å². The second-order valence-electron chi connectivity index (χ2n) is 3.54. The first-order valence-corrected chi connectivity index (χ1v) is 5.48. The van der Waals surface area contributed by atoms with E-state index in [9.17, 15) is 0 Å². The second kappa shape index (κ2) is 3.54. The molecule has 0 unspecified atom stereocenters. The molecule has 0 saturated heterocycles. The zero-order valence-corrected chi connectivity index (χ0v) is 9.48. The highest BCUT2D eigenvalue weighted by atomic mass is 32.1. The van der Waals surface area contributed by atoms with Gasteiger partial charge < -0.3 is 0 Å². The third kappa shape index (κ3) is 1.70. The normalized spacial score (nSPS) is 10.5. The Kier molecular flexibility index (Phi) is 2.38. The fourth-order valence-corrected chi connectivity index (χ4v) is 2.35. The summed E-state index contributed by atoms with van der Waals surface area (Å²) in [6, 6.07) is 6.42. The summed E-state index contributed by atoms with van der Waals surface area (Å²) in [4.78, 5) is 7.00. The molecule has 0 atom stereocenters. The van der Waals surface area contributed by atoms with Gasteiger partial charge in [0.1, 0.15) is 0 Å². The number of hydrogen-bond acceptors (Lipinski definition) is 2. The van der Waals surface area contributed by atoms with Gasteiger partial charge in [0.15, 0.2) is 0 Å². The van der Waals surface area contributed by atoms with Gasteiger partial charge in [-0.15, -0.1) is 11.3 Å². The molecule has 0 aliphatic heterocycles. The average Bonchev–Trinajstić information content (AvgIpc) is 2.48. The zero-order chi connectivity index (χ0) is 10.1. The SMILES string of the molecule is Cc1ccc(-c2cc(C)c(C)s2)cn1. The smallest absolute Gasteiger partial charge is 0.0373 e. The quantitative estimate of drug-likeness (QED) is 0.688. The van der Waals surface area contributed by atoms with Crippen molar-refractivity contribution in [1.82, 2.24) is 4.98 Å². The van der Waals surface area contributed by atoms with Gasteiger partial charge in [-0.25, -0.2) is 0 Å². The molecule has 2 rings (SSSR count). The second-order valence-corrected chi connectivity index (χ2v) is 4.79. The number of rotatable bonds is 1. The molecule has 72 valence electrons. The number of thiophene rings is 1. The van der Waals surface area contributed by atoms with Crippen LogP contribution in [0.4, 0.5) is 0 Å². The first-order chi connectivity index (χ1) is 6.66. The van der Waals surface area contributed by atoms with Crippen LogP contribution in [-0.2, 0) is 0 Å². The third-order valence-electron chi connectivity index (χ3n) is 2.36. The van der Waals surface area contributed by atoms with E-state index in [2.05, 4.69) is 37.0 Å². The van der Waals surface area contributed by atoms with Gasteiger partial charge in [0.05, 0.1) is 0 Å². The van der Waals surface area contributed by atoms with Crippen LogP contribution >= 0.6 is 11.3 Å². The van der Waals surface area contributed by atoms with Gasteiger partial charge in [-0.3, -0.25) is 4.98 Å². The van der Waals surface area contributed by atoms with Gasteiger partial charge in [-0.2, -0.15) is 0 Å². The molecule has 2 aromatic heterocycles. The molecule has 0 bridgehead atoms. The third-order valence-corrected chi connectivity index (χ3v) is 3.56. The molecule has 2 heterocycles. The molecule has 2 heteroatoms. The summed E-state index contributed by atoms with van der Waals surface area (Å²) in [5.74, 6) is 0. The fraction of sp³-hybridized carbons (Fsp3) is 0.250. The summed E-state index contributed by atoms with van der Waals surface area (Å²) in [6.45, 7) is 6.32. The van der Waals surface area contributed by atoms with Crippen molar-refractivity contribution in [3.63, 3.8) is 0 Å². The van der Waals surface area contributed by atoms with Gasteiger partial charge in [-0.05, 0) is 38.5 Å². The van der Waals surface area contributed by atoms with Crippen molar-refractivity contribution in [2.75, 3.05) is 0 Å². The Morgan fingerprint density at radius 3 is 2.43 bits per heavy atom. The van der Waals surface area contributed by atoms with Gasteiger partial charge in [0, 0.05) is 27.2 Å². The maximum absolute atomic E-state index is 4.30. The van der Waals surface area contributed by atoms with Crippen LogP contribution in [-0.4, -0.2) is 4.98 Å². The van der Waals surface area contributed by atoms with Gasteiger partial charge in [0.2, 0.25) is 0 Å². The van der Waals surface area contributed by atoms with Crippen molar-refractivity contribution < 1.29 is 0 Å². The minimum atomic E-state index is 1.07. The zero-order valence-electron chi connectivity index (χ0n) is 8.66. The van der Waals surface area contributed by atoms with E-state index in [4.69, 9.17) is 0 Å². The maximum Gasteiger partial charge on any atom is 0.0373 e. The molecule has 0 aromatic carbocycles. The molecular formula is C12H13NS. The Bertz CT molecular complexity index is 420. The number of nitrogens with zero attached hydrogens (tertiary/aromatic N) is 1. The van der Waals surface area contributed by atoms with Gasteiger partial charge in [0.25, 0.3) is 0 Å². The topological polar surface area (TPSA) is 12.9 Å². The Labute approximate surface area is 88.4 Å². The van der Waals surface area contributed by atoms with Crippen LogP contribution in [0.25, 0.3) is 10.4 Å². The molecule has 0 N–H and O–H groups in total. The Morgan fingerprint density at radius 1 is 1.14 bits per heavy atom. The van der Waals surface area contributed by atoms with Crippen molar-refractivity contribution >= 4 is 11.3 Å². The monoisotopic (exact) mass is 203 g/mol. The highest BCUT2D eigenvalue weighted by Crippen LogP contribution is 2.29. The molecule has 2 aromatic rings. The highest BCUT2D eigenvalue weighted by Gasteiger charge is 2.03. The molecule has 14 heavy (non-hydrogen) atoms. The molecule has 0 fully saturated rings. The van der Waals surface area contributed by atoms with E-state index < -0.39 is 0 Å². The predicted molar refractivity (Wildman–Crippen MR) is 61.8 cm³/mol. The van der Waals surface area contributed by atoms with Gasteiger partial charge in [-0.1, -0.05) is 6.07 Å². The van der Waals surface area contributed by atoms with E-state index in [1.165, 1.54) is 20.9 Å². The summed E-state index contributed by atoms with van der Waals surface area (Å²) in [5.41, 5.74) is 3.65. The highest BCUT2D eigenvalue weighted by molar-refractivity contribution is 7.15. The van der Waals surface area contributed by atoms with E-state index >= 15 is 0 Å². The lowest BCUT2D eigenvalue weighted by Crippen LogP contribution is -1.79. The Hall–Kier alpha value is -1.15. The summed E-state index contributed by atoms with van der Waals surface area (Å²) in [7, 11) is 0. The van der Waals surface area contributed by atoms with Crippen LogP contribution in [0, 0.1) is 20.8 Å². The van der Waals surface area contributed by atoms with E-state index in [0.29, 0.717) is 0 Å². The van der Waals surface area contributed by atoms with E-state index in [1.54, 1.807) is 0 Å². The molecule has 0 saturated carbocycles. The van der Waals surface area contributed by atoms with Crippen LogP contribution in [0.5, 0.6) is 0 Å². The number of pyridine rings is 1. The Balaban J connectivity index is 2.44. The maximum atomic E-state index is 4.30. The number of hydrogen-bond donors (Lipinski definition) is 0. The predicted octanol–water partition coefficient (Wildman–Crippen LogP) is 3.74. The van der Waals surface area contributed by atoms with E-state index in [1.807, 2.05) is 24.5 Å². The summed E-state index contributed by atoms with van der Waals surface area (Å²) < 4.78 is 0. The van der Waals surface area contributed by atoms with Crippen LogP contribution in [0.2, 0.25) is 0 Å². The summed E-state index contributed by atoms with van der Waals surface area (Å²) in [6.07, 6.45) is 1.94. The largest absolute Gasteiger partial charge is 0.261 e. The molecule has 0 radical (unpaired) electrons. The van der Waals surface area contributed by atoms with Crippen molar-refractivity contribution in [1.29, 1.82) is 0 Å². The molecular weight excluding hydrogens is 190 g/mol. The first kappa shape index (κ1) is 9.41. The van der Waals surface area contributed by atoms with Crippen LogP contribution in [0.15, 0.2) is 24.4 Å². The summed E-state index contributed by atoms with van der Waals surface area (Å²) in [5, 5.41) is 0. The molecule has 1 nitrogen and oxygen atoms in total. The lowest BCUT2D eigenvalue weighted by molar-refractivity contribution is 1.20. The molecule has 0 aliphatic carbocycles. The van der Waals surface area contributed by atoms with E-state index in [0.717, 1.165) is 5.69 Å². The Morgan fingerprint density at radius 2 is 1.93 bits per heavy atom. The van der Waals surface area contributed by atoms with Gasteiger partial charge >= 0.3 is 0 Å². The fourth-order valence-electron chi connectivity index (χ4n) is 1.33. The number of aromatic nitrogens is 1. The van der Waals surface area contributed by atoms with Crippen LogP contribution in [0.3, 0.4) is 0 Å². The lowest BCUT2D eigenvalue weighted by Gasteiger charge is -1.96. The van der Waals surface area contributed by atoms with Crippen molar-refractivity contribution in [3.8, 4) is 10.4 Å². The van der Waals surface area contributed by atoms with Crippen LogP contribution < -0.4 is 0 Å². The molecule has 0 aliphatic rings. The van der Waals surface area contributed by atoms with Crippen molar-refractivity contribution in [2.45, 2.75) is 20.8 Å². The number of aryl methyl sites for hydroxylation is 3. The van der Waals surface area contributed by atoms with Crippen LogP contribution in [0.1, 0.15) is 16.1 Å². The minimum absolute atomic E-state index is 1.07. The van der Waals surface area contributed by atoms with Crippen molar-refractivity contribution in [3.05, 3.63) is 40.5 Å². The summed E-state index contributed by atoms with van der Waals surface area (Å²) >= 11 is 1.83. The first-order valence-electron chi connectivity index (χ1n) is 4.67. The minimum Gasteiger partial charge on any atom is -0.261 e. The molecule has 0 spiro atoms. The average molecular weight is 203 g/mol. The molecule has 0 amide bonds. The van der Waals surface area contributed by atoms with Crippen molar-refractivity contribution in [2.24, 2.45) is 0 Å². The standard InChI is InChI=1S/C12H13NS/c1-8-6-12(14-10(8)3)11-5-4-9(2)13-7-11/h4-7H,1-3H3.